The van der Waals surface area contributed by atoms with Gasteiger partial charge < -0.3 is 14.6 Å². The first-order valence-corrected chi connectivity index (χ1v) is 5.10. The van der Waals surface area contributed by atoms with Crippen molar-refractivity contribution in [2.45, 2.75) is 45.0 Å². The molecule has 0 unspecified atom stereocenters. The lowest BCUT2D eigenvalue weighted by atomic mass is 9.96. The highest BCUT2D eigenvalue weighted by Crippen LogP contribution is 2.24. The summed E-state index contributed by atoms with van der Waals surface area (Å²) in [6.45, 7) is 3.17. The maximum absolute atomic E-state index is 11.3. The van der Waals surface area contributed by atoms with Crippen LogP contribution < -0.4 is 0 Å². The second-order valence-corrected chi connectivity index (χ2v) is 4.19. The van der Waals surface area contributed by atoms with E-state index in [9.17, 15) is 9.90 Å². The first kappa shape index (κ1) is 12.2. The van der Waals surface area contributed by atoms with E-state index < -0.39 is 5.79 Å². The number of hydrogen-bond acceptors (Lipinski definition) is 4. The summed E-state index contributed by atoms with van der Waals surface area (Å²) in [5.41, 5.74) is 0.637. The Hall–Kier alpha value is -0.870. The molecule has 0 amide bonds. The van der Waals surface area contributed by atoms with Crippen molar-refractivity contribution in [3.8, 4) is 0 Å². The van der Waals surface area contributed by atoms with Crippen LogP contribution in [0.3, 0.4) is 0 Å². The Balaban J connectivity index is 2.54. The molecular formula is C11H18O4. The molecule has 1 rings (SSSR count). The van der Waals surface area contributed by atoms with E-state index in [0.717, 1.165) is 12.8 Å². The monoisotopic (exact) mass is 214 g/mol. The molecule has 0 saturated heterocycles. The first-order valence-electron chi connectivity index (χ1n) is 5.10. The van der Waals surface area contributed by atoms with Crippen LogP contribution in [0.5, 0.6) is 0 Å². The van der Waals surface area contributed by atoms with E-state index in [0.29, 0.717) is 12.0 Å². The van der Waals surface area contributed by atoms with Crippen molar-refractivity contribution in [1.82, 2.24) is 0 Å². The van der Waals surface area contributed by atoms with E-state index in [1.165, 1.54) is 7.11 Å². The van der Waals surface area contributed by atoms with Gasteiger partial charge >= 0.3 is 5.97 Å². The fourth-order valence-electron chi connectivity index (χ4n) is 1.68. The predicted octanol–water partition coefficient (Wildman–Crippen LogP) is 1.38. The fraction of sp³-hybridized carbons (Fsp3) is 0.727. The van der Waals surface area contributed by atoms with Gasteiger partial charge in [-0.15, -0.1) is 0 Å². The van der Waals surface area contributed by atoms with Gasteiger partial charge in [0.1, 0.15) is 0 Å². The van der Waals surface area contributed by atoms with Crippen molar-refractivity contribution in [1.29, 1.82) is 0 Å². The molecule has 0 radical (unpaired) electrons. The van der Waals surface area contributed by atoms with Gasteiger partial charge in [-0.2, -0.15) is 0 Å². The van der Waals surface area contributed by atoms with Crippen molar-refractivity contribution >= 4 is 5.97 Å². The van der Waals surface area contributed by atoms with E-state index in [1.807, 2.05) is 6.08 Å². The highest BCUT2D eigenvalue weighted by Gasteiger charge is 2.25. The van der Waals surface area contributed by atoms with Gasteiger partial charge in [-0.1, -0.05) is 6.08 Å². The highest BCUT2D eigenvalue weighted by atomic mass is 16.6. The molecule has 0 aromatic heterocycles. The number of carbonyl (C=O) groups excluding carboxylic acids is 1. The highest BCUT2D eigenvalue weighted by molar-refractivity contribution is 5.88. The van der Waals surface area contributed by atoms with Gasteiger partial charge in [-0.05, 0) is 26.7 Å². The van der Waals surface area contributed by atoms with Crippen molar-refractivity contribution < 1.29 is 19.4 Å². The SMILES string of the molecule is COC(=O)C1=CCC[C@H](OC(C)(C)O)C1. The van der Waals surface area contributed by atoms with Gasteiger partial charge in [-0.25, -0.2) is 4.79 Å². The standard InChI is InChI=1S/C11H18O4/c1-11(2,13)15-9-6-4-5-8(7-9)10(12)14-3/h5,9,13H,4,6-7H2,1-3H3/t9-/m0/s1. The summed E-state index contributed by atoms with van der Waals surface area (Å²) in [7, 11) is 1.36. The molecule has 0 fully saturated rings. The molecule has 0 saturated carbocycles. The molecule has 0 aromatic rings. The average Bonchev–Trinajstić information content (AvgIpc) is 2.14. The van der Waals surface area contributed by atoms with E-state index in [-0.39, 0.29) is 12.1 Å². The zero-order valence-corrected chi connectivity index (χ0v) is 9.45. The maximum Gasteiger partial charge on any atom is 0.333 e. The van der Waals surface area contributed by atoms with Gasteiger partial charge in [0.05, 0.1) is 13.2 Å². The minimum Gasteiger partial charge on any atom is -0.466 e. The molecule has 1 atom stereocenters. The fourth-order valence-corrected chi connectivity index (χ4v) is 1.68. The van der Waals surface area contributed by atoms with Crippen LogP contribution in [0.4, 0.5) is 0 Å². The molecule has 1 aliphatic carbocycles. The van der Waals surface area contributed by atoms with Crippen LogP contribution in [0, 0.1) is 0 Å². The van der Waals surface area contributed by atoms with Crippen LogP contribution in [0.2, 0.25) is 0 Å². The molecule has 0 aromatic carbocycles. The topological polar surface area (TPSA) is 55.8 Å². The molecule has 4 nitrogen and oxygen atoms in total. The zero-order valence-electron chi connectivity index (χ0n) is 9.45. The van der Waals surface area contributed by atoms with E-state index >= 15 is 0 Å². The lowest BCUT2D eigenvalue weighted by Crippen LogP contribution is -2.32. The van der Waals surface area contributed by atoms with Crippen LogP contribution in [-0.4, -0.2) is 30.1 Å². The number of hydrogen-bond donors (Lipinski definition) is 1. The molecule has 0 bridgehead atoms. The number of allylic oxidation sites excluding steroid dienone is 1. The Labute approximate surface area is 89.9 Å². The van der Waals surface area contributed by atoms with Gasteiger partial charge in [0, 0.05) is 12.0 Å². The van der Waals surface area contributed by atoms with Crippen molar-refractivity contribution in [2.75, 3.05) is 7.11 Å². The molecular weight excluding hydrogens is 196 g/mol. The van der Waals surface area contributed by atoms with Crippen LogP contribution in [0.25, 0.3) is 0 Å². The smallest absolute Gasteiger partial charge is 0.333 e. The third kappa shape index (κ3) is 4.01. The summed E-state index contributed by atoms with van der Waals surface area (Å²) in [5, 5.41) is 9.49. The Kier molecular flexibility index (Phi) is 3.88. The van der Waals surface area contributed by atoms with E-state index in [4.69, 9.17) is 4.74 Å². The van der Waals surface area contributed by atoms with Crippen molar-refractivity contribution in [3.05, 3.63) is 11.6 Å². The minimum atomic E-state index is -1.15. The summed E-state index contributed by atoms with van der Waals surface area (Å²) in [6, 6.07) is 0. The number of aliphatic hydroxyl groups is 1. The largest absolute Gasteiger partial charge is 0.466 e. The predicted molar refractivity (Wildman–Crippen MR) is 55.1 cm³/mol. The van der Waals surface area contributed by atoms with Crippen LogP contribution in [0.15, 0.2) is 11.6 Å². The van der Waals surface area contributed by atoms with Crippen LogP contribution in [-0.2, 0) is 14.3 Å². The van der Waals surface area contributed by atoms with Gasteiger partial charge in [0.2, 0.25) is 0 Å². The Morgan fingerprint density at radius 2 is 2.27 bits per heavy atom. The van der Waals surface area contributed by atoms with E-state index in [1.54, 1.807) is 13.8 Å². The molecule has 4 heteroatoms. The molecule has 0 aliphatic heterocycles. The molecule has 1 N–H and O–H groups in total. The second kappa shape index (κ2) is 4.77. The Morgan fingerprint density at radius 3 is 2.80 bits per heavy atom. The minimum absolute atomic E-state index is 0.107. The van der Waals surface area contributed by atoms with Gasteiger partial charge in [0.15, 0.2) is 5.79 Å². The van der Waals surface area contributed by atoms with Crippen molar-refractivity contribution in [2.24, 2.45) is 0 Å². The summed E-state index contributed by atoms with van der Waals surface area (Å²) < 4.78 is 10.1. The zero-order chi connectivity index (χ0) is 11.5. The lowest BCUT2D eigenvalue weighted by Gasteiger charge is -2.28. The summed E-state index contributed by atoms with van der Waals surface area (Å²) in [4.78, 5) is 11.3. The molecule has 0 heterocycles. The number of ether oxygens (including phenoxy) is 2. The Morgan fingerprint density at radius 1 is 1.60 bits per heavy atom. The maximum atomic E-state index is 11.3. The normalized spacial score (nSPS) is 22.1. The van der Waals surface area contributed by atoms with E-state index in [2.05, 4.69) is 4.74 Å². The lowest BCUT2D eigenvalue weighted by molar-refractivity contribution is -0.207. The number of carbonyl (C=O) groups is 1. The van der Waals surface area contributed by atoms with Crippen LogP contribution >= 0.6 is 0 Å². The second-order valence-electron chi connectivity index (χ2n) is 4.19. The first-order chi connectivity index (χ1) is 6.92. The number of esters is 1. The summed E-state index contributed by atoms with van der Waals surface area (Å²) in [6.07, 6.45) is 3.88. The third-order valence-electron chi connectivity index (χ3n) is 2.23. The molecule has 0 spiro atoms. The van der Waals surface area contributed by atoms with Gasteiger partial charge in [-0.3, -0.25) is 0 Å². The van der Waals surface area contributed by atoms with Gasteiger partial charge in [0.25, 0.3) is 0 Å². The average molecular weight is 214 g/mol. The summed E-state index contributed by atoms with van der Waals surface area (Å²) >= 11 is 0. The summed E-state index contributed by atoms with van der Waals surface area (Å²) in [5.74, 6) is -1.46. The quantitative estimate of drug-likeness (QED) is 0.569. The van der Waals surface area contributed by atoms with Crippen molar-refractivity contribution in [3.63, 3.8) is 0 Å². The molecule has 15 heavy (non-hydrogen) atoms. The number of methoxy groups -OCH3 is 1. The molecule has 86 valence electrons. The molecule has 1 aliphatic rings. The third-order valence-corrected chi connectivity index (χ3v) is 2.23. The number of rotatable bonds is 3. The Bertz CT molecular complexity index is 262. The van der Waals surface area contributed by atoms with Crippen LogP contribution in [0.1, 0.15) is 33.1 Å².